The molecule has 1 heterocycles. The van der Waals surface area contributed by atoms with E-state index in [4.69, 9.17) is 10.8 Å². The van der Waals surface area contributed by atoms with E-state index in [2.05, 4.69) is 32.5 Å². The lowest BCUT2D eigenvalue weighted by molar-refractivity contribution is 0.862. The van der Waals surface area contributed by atoms with Crippen molar-refractivity contribution in [3.8, 4) is 6.07 Å². The Morgan fingerprint density at radius 1 is 1.29 bits per heavy atom. The molecule has 6 heteroatoms. The van der Waals surface area contributed by atoms with Crippen LogP contribution in [0.5, 0.6) is 0 Å². The van der Waals surface area contributed by atoms with Crippen molar-refractivity contribution < 1.29 is 0 Å². The van der Waals surface area contributed by atoms with E-state index in [9.17, 15) is 0 Å². The van der Waals surface area contributed by atoms with E-state index in [1.165, 1.54) is 11.8 Å². The van der Waals surface area contributed by atoms with E-state index in [1.807, 2.05) is 24.3 Å². The summed E-state index contributed by atoms with van der Waals surface area (Å²) in [4.78, 5) is 6.57. The molecule has 0 atom stereocenters. The number of anilines is 1. The largest absolute Gasteiger partial charge is 0.384 e. The first-order chi connectivity index (χ1) is 10.3. The smallest absolute Gasteiger partial charge is 0.146 e. The van der Waals surface area contributed by atoms with Gasteiger partial charge in [0, 0.05) is 17.7 Å². The second kappa shape index (κ2) is 7.53. The minimum Gasteiger partial charge on any atom is -0.384 e. The summed E-state index contributed by atoms with van der Waals surface area (Å²) in [5.74, 6) is 0.105. The molecule has 0 amide bonds. The maximum absolute atomic E-state index is 9.15. The summed E-state index contributed by atoms with van der Waals surface area (Å²) in [5, 5.41) is 15.8. The molecule has 0 spiro atoms. The maximum atomic E-state index is 9.15. The quantitative estimate of drug-likeness (QED) is 0.375. The first-order valence-electron chi connectivity index (χ1n) is 6.57. The summed E-state index contributed by atoms with van der Waals surface area (Å²) in [6.45, 7) is 0.725. The van der Waals surface area contributed by atoms with Gasteiger partial charge < -0.3 is 5.32 Å². The molecule has 0 aliphatic heterocycles. The Balaban J connectivity index is 1.96. The summed E-state index contributed by atoms with van der Waals surface area (Å²) < 4.78 is 0. The van der Waals surface area contributed by atoms with Gasteiger partial charge in [-0.25, -0.2) is 0 Å². The zero-order valence-corrected chi connectivity index (χ0v) is 11.4. The molecule has 0 radical (unpaired) electrons. The summed E-state index contributed by atoms with van der Waals surface area (Å²) in [7, 11) is 0. The van der Waals surface area contributed by atoms with Gasteiger partial charge >= 0.3 is 0 Å². The third kappa shape index (κ3) is 3.96. The van der Waals surface area contributed by atoms with Gasteiger partial charge in [-0.05, 0) is 35.1 Å². The van der Waals surface area contributed by atoms with Crippen LogP contribution >= 0.6 is 0 Å². The highest BCUT2D eigenvalue weighted by molar-refractivity contribution is 5.65. The summed E-state index contributed by atoms with van der Waals surface area (Å²) in [6.07, 6.45) is 3.42. The highest BCUT2D eigenvalue weighted by atomic mass is 15.2. The zero-order chi connectivity index (χ0) is 14.9. The Morgan fingerprint density at radius 2 is 2.10 bits per heavy atom. The van der Waals surface area contributed by atoms with E-state index in [-0.39, 0.29) is 11.4 Å². The lowest BCUT2D eigenvalue weighted by atomic mass is 10.1. The molecule has 21 heavy (non-hydrogen) atoms. The van der Waals surface area contributed by atoms with Crippen LogP contribution in [-0.2, 0) is 6.42 Å². The number of aromatic nitrogens is 1. The Kier molecular flexibility index (Phi) is 5.16. The van der Waals surface area contributed by atoms with Crippen molar-refractivity contribution in [1.82, 2.24) is 4.98 Å². The van der Waals surface area contributed by atoms with E-state index < -0.39 is 0 Å². The first kappa shape index (κ1) is 14.4. The molecule has 0 fully saturated rings. The van der Waals surface area contributed by atoms with Crippen molar-refractivity contribution in [3.05, 3.63) is 64.2 Å². The van der Waals surface area contributed by atoms with E-state index in [0.29, 0.717) is 5.69 Å². The Morgan fingerprint density at radius 3 is 2.81 bits per heavy atom. The molecule has 1 aromatic carbocycles. The molecule has 2 aromatic rings. The van der Waals surface area contributed by atoms with Crippen molar-refractivity contribution in [2.75, 3.05) is 11.9 Å². The van der Waals surface area contributed by atoms with Crippen LogP contribution in [0.3, 0.4) is 0 Å². The van der Waals surface area contributed by atoms with Gasteiger partial charge in [-0.15, -0.1) is 0 Å². The van der Waals surface area contributed by atoms with Gasteiger partial charge in [0.15, 0.2) is 0 Å². The Hall–Kier alpha value is -3.03. The average Bonchev–Trinajstić information content (AvgIpc) is 2.53. The fourth-order valence-corrected chi connectivity index (χ4v) is 1.99. The van der Waals surface area contributed by atoms with Crippen LogP contribution < -0.4 is 5.32 Å². The topological polar surface area (TPSA) is 97.5 Å². The lowest BCUT2D eigenvalue weighted by Gasteiger charge is -2.09. The third-order valence-corrected chi connectivity index (χ3v) is 2.98. The fraction of sp³-hybridized carbons (Fsp3) is 0.200. The summed E-state index contributed by atoms with van der Waals surface area (Å²) >= 11 is 0. The second-order valence-corrected chi connectivity index (χ2v) is 4.37. The van der Waals surface area contributed by atoms with Gasteiger partial charge in [0.2, 0.25) is 0 Å². The highest BCUT2D eigenvalue weighted by Gasteiger charge is 2.07. The monoisotopic (exact) mass is 278 g/mol. The van der Waals surface area contributed by atoms with Crippen molar-refractivity contribution >= 4 is 11.5 Å². The number of hydrogen-bond donors (Lipinski definition) is 1. The van der Waals surface area contributed by atoms with Gasteiger partial charge in [-0.3, -0.25) is 4.98 Å². The van der Waals surface area contributed by atoms with Crippen LogP contribution in [0, 0.1) is 11.3 Å². The number of aryl methyl sites for hydroxylation is 1. The normalized spacial score (nSPS) is 9.48. The van der Waals surface area contributed by atoms with Crippen LogP contribution in [0.2, 0.25) is 0 Å². The predicted molar refractivity (Wildman–Crippen MR) is 81.0 cm³/mol. The first-order valence-corrected chi connectivity index (χ1v) is 6.57. The number of nitrogens with zero attached hydrogens (tertiary/aromatic N) is 5. The molecule has 1 aromatic heterocycles. The number of rotatable bonds is 6. The molecule has 6 nitrogen and oxygen atoms in total. The number of azide groups is 1. The van der Waals surface area contributed by atoms with Crippen molar-refractivity contribution in [2.45, 2.75) is 12.8 Å². The van der Waals surface area contributed by atoms with Gasteiger partial charge in [0.05, 0.1) is 5.69 Å². The van der Waals surface area contributed by atoms with E-state index in [0.717, 1.165) is 19.4 Å². The van der Waals surface area contributed by atoms with Crippen molar-refractivity contribution in [2.24, 2.45) is 5.11 Å². The summed E-state index contributed by atoms with van der Waals surface area (Å²) in [6, 6.07) is 13.9. The Labute approximate surface area is 122 Å². The number of nitriles is 1. The maximum Gasteiger partial charge on any atom is 0.146 e. The van der Waals surface area contributed by atoms with Gasteiger partial charge in [0.1, 0.15) is 17.5 Å². The number of benzene rings is 1. The van der Waals surface area contributed by atoms with Gasteiger partial charge in [-0.2, -0.15) is 5.26 Å². The molecule has 0 bridgehead atoms. The van der Waals surface area contributed by atoms with Gasteiger partial charge in [-0.1, -0.05) is 30.3 Å². The molecule has 1 N–H and O–H groups in total. The van der Waals surface area contributed by atoms with Crippen molar-refractivity contribution in [1.29, 1.82) is 5.26 Å². The highest BCUT2D eigenvalue weighted by Crippen LogP contribution is 2.23. The van der Waals surface area contributed by atoms with Gasteiger partial charge in [0.25, 0.3) is 0 Å². The molecule has 2 rings (SSSR count). The SMILES string of the molecule is N#Cc1c(NCCCc2ccccc2)ccnc1N=[N+]=[N-]. The minimum absolute atomic E-state index is 0.105. The molecule has 0 aliphatic carbocycles. The van der Waals surface area contributed by atoms with Crippen LogP contribution in [0.1, 0.15) is 17.5 Å². The van der Waals surface area contributed by atoms with Crippen molar-refractivity contribution in [3.63, 3.8) is 0 Å². The predicted octanol–water partition coefficient (Wildman–Crippen LogP) is 3.94. The molecular weight excluding hydrogens is 264 g/mol. The molecule has 0 saturated heterocycles. The fourth-order valence-electron chi connectivity index (χ4n) is 1.99. The number of nitrogens with one attached hydrogen (secondary N) is 1. The molecular formula is C15H14N6. The molecule has 104 valence electrons. The molecule has 0 aliphatic rings. The van der Waals surface area contributed by atoms with Crippen LogP contribution in [0.15, 0.2) is 47.7 Å². The lowest BCUT2D eigenvalue weighted by Crippen LogP contribution is -2.05. The van der Waals surface area contributed by atoms with Crippen LogP contribution in [0.25, 0.3) is 10.4 Å². The van der Waals surface area contributed by atoms with E-state index >= 15 is 0 Å². The number of pyridine rings is 1. The Bertz CT molecular complexity index is 683. The standard InChI is InChI=1S/C15H14N6/c16-11-13-14(8-10-19-15(13)20-21-17)18-9-4-7-12-5-2-1-3-6-12/h1-3,5-6,8,10H,4,7,9H2,(H,18,19). The molecule has 0 unspecified atom stereocenters. The second-order valence-electron chi connectivity index (χ2n) is 4.37. The summed E-state index contributed by atoms with van der Waals surface area (Å²) in [5.41, 5.74) is 10.7. The molecule has 0 saturated carbocycles. The van der Waals surface area contributed by atoms with Crippen LogP contribution in [0.4, 0.5) is 11.5 Å². The minimum atomic E-state index is 0.105. The number of hydrogen-bond acceptors (Lipinski definition) is 4. The van der Waals surface area contributed by atoms with E-state index in [1.54, 1.807) is 6.07 Å². The van der Waals surface area contributed by atoms with Crippen LogP contribution in [-0.4, -0.2) is 11.5 Å². The third-order valence-electron chi connectivity index (χ3n) is 2.98. The zero-order valence-electron chi connectivity index (χ0n) is 11.4. The average molecular weight is 278 g/mol.